The zero-order chi connectivity index (χ0) is 23.1. The summed E-state index contributed by atoms with van der Waals surface area (Å²) >= 11 is 1.52. The smallest absolute Gasteiger partial charge is 0.325 e. The molecule has 0 aliphatic rings. The Hall–Kier alpha value is -4.12. The Morgan fingerprint density at radius 1 is 1.16 bits per heavy atom. The fraction of sp³-hybridized carbons (Fsp3) is 0.143. The van der Waals surface area contributed by atoms with Crippen molar-refractivity contribution in [3.8, 4) is 11.3 Å². The second-order valence-corrected chi connectivity index (χ2v) is 7.59. The molecule has 0 bridgehead atoms. The molecule has 164 valence electrons. The van der Waals surface area contributed by atoms with Crippen LogP contribution in [-0.4, -0.2) is 40.8 Å². The van der Waals surface area contributed by atoms with Gasteiger partial charge >= 0.3 is 5.97 Å². The van der Waals surface area contributed by atoms with Crippen LogP contribution in [-0.2, 0) is 14.3 Å². The first-order valence-electron chi connectivity index (χ1n) is 9.32. The molecule has 1 aromatic heterocycles. The number of aromatic nitrogens is 1. The fourth-order valence-electron chi connectivity index (χ4n) is 2.66. The molecule has 0 saturated heterocycles. The molecule has 1 heterocycles. The number of nitrogens with one attached hydrogen (secondary N) is 2. The van der Waals surface area contributed by atoms with E-state index in [0.29, 0.717) is 5.69 Å². The number of esters is 1. The van der Waals surface area contributed by atoms with E-state index in [0.717, 1.165) is 22.3 Å². The number of rotatable bonds is 8. The summed E-state index contributed by atoms with van der Waals surface area (Å²) in [5.74, 6) is -2.05. The highest BCUT2D eigenvalue weighted by Crippen LogP contribution is 2.24. The largest absolute Gasteiger partial charge is 0.454 e. The number of thiazole rings is 1. The van der Waals surface area contributed by atoms with E-state index >= 15 is 0 Å². The highest BCUT2D eigenvalue weighted by atomic mass is 32.1. The highest BCUT2D eigenvalue weighted by molar-refractivity contribution is 7.09. The first-order valence-corrected chi connectivity index (χ1v) is 10.2. The number of hydrogen-bond acceptors (Lipinski definition) is 8. The summed E-state index contributed by atoms with van der Waals surface area (Å²) in [7, 11) is 0. The van der Waals surface area contributed by atoms with Crippen LogP contribution >= 0.6 is 11.3 Å². The van der Waals surface area contributed by atoms with Crippen LogP contribution in [0.1, 0.15) is 15.4 Å². The predicted octanol–water partition coefficient (Wildman–Crippen LogP) is 2.94. The molecule has 3 aromatic rings. The van der Waals surface area contributed by atoms with Crippen LogP contribution in [0.25, 0.3) is 11.3 Å². The summed E-state index contributed by atoms with van der Waals surface area (Å²) in [5, 5.41) is 18.5. The average Bonchev–Trinajstić information content (AvgIpc) is 3.22. The zero-order valence-corrected chi connectivity index (χ0v) is 17.7. The van der Waals surface area contributed by atoms with E-state index in [-0.39, 0.29) is 11.3 Å². The normalized spacial score (nSPS) is 10.3. The van der Waals surface area contributed by atoms with Crippen LogP contribution in [0.5, 0.6) is 0 Å². The number of non-ortho nitro benzene ring substituents is 1. The number of amides is 2. The summed E-state index contributed by atoms with van der Waals surface area (Å²) in [6.07, 6.45) is 0. The lowest BCUT2D eigenvalue weighted by atomic mass is 10.1. The molecular weight excluding hydrogens is 436 g/mol. The van der Waals surface area contributed by atoms with Gasteiger partial charge in [-0.1, -0.05) is 18.2 Å². The molecule has 10 nitrogen and oxygen atoms in total. The molecule has 0 spiro atoms. The molecule has 0 unspecified atom stereocenters. The molecule has 0 aliphatic heterocycles. The van der Waals surface area contributed by atoms with Gasteiger partial charge < -0.3 is 15.4 Å². The van der Waals surface area contributed by atoms with Gasteiger partial charge in [-0.15, -0.1) is 11.3 Å². The lowest BCUT2D eigenvalue weighted by Crippen LogP contribution is -2.32. The Morgan fingerprint density at radius 2 is 1.94 bits per heavy atom. The molecule has 0 radical (unpaired) electrons. The topological polar surface area (TPSA) is 141 Å². The SMILES string of the molecule is Cc1nc(-c2cccc(NC(=O)COC(=O)CNC(=O)c3cccc([N+](=O)[O-])c3)c2)cs1. The van der Waals surface area contributed by atoms with Gasteiger partial charge in [0.15, 0.2) is 6.61 Å². The van der Waals surface area contributed by atoms with Gasteiger partial charge in [0.1, 0.15) is 6.54 Å². The van der Waals surface area contributed by atoms with Crippen molar-refractivity contribution in [3.05, 3.63) is 74.6 Å². The Morgan fingerprint density at radius 3 is 2.66 bits per heavy atom. The number of hydrogen-bond donors (Lipinski definition) is 2. The minimum absolute atomic E-state index is 0.0277. The molecule has 2 N–H and O–H groups in total. The molecule has 0 atom stereocenters. The van der Waals surface area contributed by atoms with Crippen molar-refractivity contribution in [2.24, 2.45) is 0 Å². The van der Waals surface area contributed by atoms with Crippen molar-refractivity contribution >= 4 is 40.5 Å². The van der Waals surface area contributed by atoms with E-state index in [9.17, 15) is 24.5 Å². The summed E-state index contributed by atoms with van der Waals surface area (Å²) in [5.41, 5.74) is 1.95. The van der Waals surface area contributed by atoms with Crippen LogP contribution in [0, 0.1) is 17.0 Å². The maximum Gasteiger partial charge on any atom is 0.325 e. The van der Waals surface area contributed by atoms with E-state index in [2.05, 4.69) is 15.6 Å². The highest BCUT2D eigenvalue weighted by Gasteiger charge is 2.14. The quantitative estimate of drug-likeness (QED) is 0.303. The van der Waals surface area contributed by atoms with Crippen LogP contribution in [0.2, 0.25) is 0 Å². The van der Waals surface area contributed by atoms with Crippen molar-refractivity contribution in [3.63, 3.8) is 0 Å². The second kappa shape index (κ2) is 10.3. The number of aryl methyl sites for hydroxylation is 1. The third kappa shape index (κ3) is 6.19. The molecule has 11 heteroatoms. The molecule has 0 aliphatic carbocycles. The van der Waals surface area contributed by atoms with Crippen LogP contribution < -0.4 is 10.6 Å². The van der Waals surface area contributed by atoms with Crippen molar-refractivity contribution in [2.45, 2.75) is 6.92 Å². The van der Waals surface area contributed by atoms with Gasteiger partial charge in [0.2, 0.25) is 0 Å². The Kier molecular flexibility index (Phi) is 7.24. The lowest BCUT2D eigenvalue weighted by molar-refractivity contribution is -0.384. The summed E-state index contributed by atoms with van der Waals surface area (Å²) in [6.45, 7) is 0.874. The van der Waals surface area contributed by atoms with E-state index in [4.69, 9.17) is 4.74 Å². The van der Waals surface area contributed by atoms with Crippen LogP contribution in [0.3, 0.4) is 0 Å². The monoisotopic (exact) mass is 454 g/mol. The Bertz CT molecular complexity index is 1180. The number of carbonyl (C=O) groups excluding carboxylic acids is 3. The van der Waals surface area contributed by atoms with E-state index in [1.807, 2.05) is 18.4 Å². The zero-order valence-electron chi connectivity index (χ0n) is 16.9. The number of carbonyl (C=O) groups is 3. The third-order valence-electron chi connectivity index (χ3n) is 4.14. The summed E-state index contributed by atoms with van der Waals surface area (Å²) in [4.78, 5) is 50.5. The molecule has 0 fully saturated rings. The number of anilines is 1. The number of nitro benzene ring substituents is 1. The number of ether oxygens (including phenoxy) is 1. The minimum atomic E-state index is -0.828. The minimum Gasteiger partial charge on any atom is -0.454 e. The summed E-state index contributed by atoms with van der Waals surface area (Å²) < 4.78 is 4.86. The van der Waals surface area contributed by atoms with Gasteiger partial charge in [-0.3, -0.25) is 24.5 Å². The predicted molar refractivity (Wildman–Crippen MR) is 117 cm³/mol. The van der Waals surface area contributed by atoms with Crippen LogP contribution in [0.15, 0.2) is 53.9 Å². The van der Waals surface area contributed by atoms with Crippen molar-refractivity contribution in [1.82, 2.24) is 10.3 Å². The van der Waals surface area contributed by atoms with Crippen molar-refractivity contribution in [2.75, 3.05) is 18.5 Å². The van der Waals surface area contributed by atoms with E-state index in [1.165, 1.54) is 29.5 Å². The molecular formula is C21H18N4O6S. The molecule has 2 aromatic carbocycles. The molecule has 2 amide bonds. The van der Waals surface area contributed by atoms with Gasteiger partial charge in [-0.05, 0) is 25.1 Å². The summed E-state index contributed by atoms with van der Waals surface area (Å²) in [6, 6.07) is 12.2. The van der Waals surface area contributed by atoms with Gasteiger partial charge in [0, 0.05) is 34.3 Å². The van der Waals surface area contributed by atoms with Gasteiger partial charge in [0.25, 0.3) is 17.5 Å². The molecule has 3 rings (SSSR count). The van der Waals surface area contributed by atoms with Crippen molar-refractivity contribution in [1.29, 1.82) is 0 Å². The maximum atomic E-state index is 12.1. The van der Waals surface area contributed by atoms with E-state index < -0.39 is 35.9 Å². The maximum absolute atomic E-state index is 12.1. The van der Waals surface area contributed by atoms with Gasteiger partial charge in [-0.25, -0.2) is 4.98 Å². The fourth-order valence-corrected chi connectivity index (χ4v) is 3.28. The van der Waals surface area contributed by atoms with Crippen molar-refractivity contribution < 1.29 is 24.0 Å². The average molecular weight is 454 g/mol. The first kappa shape index (κ1) is 22.6. The molecule has 0 saturated carbocycles. The number of nitro groups is 1. The van der Waals surface area contributed by atoms with Gasteiger partial charge in [-0.2, -0.15) is 0 Å². The Balaban J connectivity index is 1.46. The van der Waals surface area contributed by atoms with Crippen LogP contribution in [0.4, 0.5) is 11.4 Å². The lowest BCUT2D eigenvalue weighted by Gasteiger charge is -2.08. The Labute approximate surface area is 186 Å². The standard InChI is InChI=1S/C21H18N4O6S/c1-13-23-18(12-32-13)14-4-2-6-16(8-14)24-19(26)11-31-20(27)10-22-21(28)15-5-3-7-17(9-15)25(29)30/h2-9,12H,10-11H2,1H3,(H,22,28)(H,24,26). The number of nitrogens with zero attached hydrogens (tertiary/aromatic N) is 2. The van der Waals surface area contributed by atoms with E-state index in [1.54, 1.807) is 18.2 Å². The first-order chi connectivity index (χ1) is 15.3. The number of benzene rings is 2. The van der Waals surface area contributed by atoms with Gasteiger partial charge in [0.05, 0.1) is 15.6 Å². The molecule has 32 heavy (non-hydrogen) atoms. The second-order valence-electron chi connectivity index (χ2n) is 6.53. The third-order valence-corrected chi connectivity index (χ3v) is 4.91.